The van der Waals surface area contributed by atoms with Gasteiger partial charge < -0.3 is 15.2 Å². The molecule has 1 unspecified atom stereocenters. The highest BCUT2D eigenvalue weighted by atomic mass is 16.6. The molecule has 1 aromatic carbocycles. The first-order chi connectivity index (χ1) is 9.41. The monoisotopic (exact) mass is 282 g/mol. The second-order valence-electron chi connectivity index (χ2n) is 3.95. The number of para-hydroxylation sites is 2. The molecule has 8 heteroatoms. The van der Waals surface area contributed by atoms with Gasteiger partial charge in [0.25, 0.3) is 0 Å². The summed E-state index contributed by atoms with van der Waals surface area (Å²) in [5.41, 5.74) is -0.188. The van der Waals surface area contributed by atoms with Crippen molar-refractivity contribution in [1.82, 2.24) is 5.32 Å². The summed E-state index contributed by atoms with van der Waals surface area (Å²) in [7, 11) is 0. The standard InChI is InChI=1S/C12H14N2O6/c1-8(12(16)17)13-11(15)6-7-20-10-5-3-2-4-9(10)14(18)19/h2-5,8H,6-7H2,1H3,(H,13,15)(H,16,17). The van der Waals surface area contributed by atoms with Gasteiger partial charge in [-0.2, -0.15) is 0 Å². The zero-order chi connectivity index (χ0) is 15.1. The molecule has 2 N–H and O–H groups in total. The first-order valence-corrected chi connectivity index (χ1v) is 5.80. The van der Waals surface area contributed by atoms with Gasteiger partial charge in [-0.05, 0) is 13.0 Å². The third kappa shape index (κ3) is 4.56. The summed E-state index contributed by atoms with van der Waals surface area (Å²) in [6, 6.07) is 4.81. The fourth-order valence-electron chi connectivity index (χ4n) is 1.36. The minimum absolute atomic E-state index is 0.0663. The molecule has 0 aliphatic heterocycles. The molecule has 0 saturated carbocycles. The largest absolute Gasteiger partial charge is 0.486 e. The van der Waals surface area contributed by atoms with Crippen molar-refractivity contribution in [1.29, 1.82) is 0 Å². The van der Waals surface area contributed by atoms with Crippen LogP contribution in [-0.4, -0.2) is 34.6 Å². The zero-order valence-electron chi connectivity index (χ0n) is 10.7. The summed E-state index contributed by atoms with van der Waals surface area (Å²) in [6.45, 7) is 1.26. The molecule has 0 fully saturated rings. The van der Waals surface area contributed by atoms with E-state index in [1.54, 1.807) is 6.07 Å². The Labute approximate surface area is 114 Å². The van der Waals surface area contributed by atoms with E-state index < -0.39 is 22.8 Å². The number of rotatable bonds is 7. The molecule has 0 aliphatic rings. The molecule has 0 saturated heterocycles. The van der Waals surface area contributed by atoms with Crippen LogP contribution in [0, 0.1) is 10.1 Å². The Morgan fingerprint density at radius 2 is 2.10 bits per heavy atom. The highest BCUT2D eigenvalue weighted by Gasteiger charge is 2.16. The molecule has 1 aromatic rings. The summed E-state index contributed by atoms with van der Waals surface area (Å²) in [4.78, 5) is 32.0. The lowest BCUT2D eigenvalue weighted by Crippen LogP contribution is -2.38. The van der Waals surface area contributed by atoms with E-state index in [2.05, 4.69) is 5.32 Å². The van der Waals surface area contributed by atoms with Crippen molar-refractivity contribution < 1.29 is 24.4 Å². The smallest absolute Gasteiger partial charge is 0.325 e. The van der Waals surface area contributed by atoms with Gasteiger partial charge in [0, 0.05) is 6.07 Å². The number of hydrogen-bond donors (Lipinski definition) is 2. The normalized spacial score (nSPS) is 11.4. The Hall–Kier alpha value is -2.64. The molecule has 8 nitrogen and oxygen atoms in total. The van der Waals surface area contributed by atoms with Crippen LogP contribution < -0.4 is 10.1 Å². The van der Waals surface area contributed by atoms with E-state index in [-0.39, 0.29) is 24.5 Å². The van der Waals surface area contributed by atoms with Crippen molar-refractivity contribution in [3.05, 3.63) is 34.4 Å². The van der Waals surface area contributed by atoms with Crippen molar-refractivity contribution >= 4 is 17.6 Å². The molecule has 0 aromatic heterocycles. The van der Waals surface area contributed by atoms with Gasteiger partial charge in [-0.1, -0.05) is 12.1 Å². The van der Waals surface area contributed by atoms with E-state index in [4.69, 9.17) is 9.84 Å². The summed E-state index contributed by atoms with van der Waals surface area (Å²) in [6.07, 6.45) is -0.0936. The maximum absolute atomic E-state index is 11.4. The number of nitro benzene ring substituents is 1. The average molecular weight is 282 g/mol. The quantitative estimate of drug-likeness (QED) is 0.567. The Morgan fingerprint density at radius 3 is 2.70 bits per heavy atom. The Balaban J connectivity index is 2.47. The molecule has 0 spiro atoms. The highest BCUT2D eigenvalue weighted by molar-refractivity contribution is 5.83. The second kappa shape index (κ2) is 7.07. The van der Waals surface area contributed by atoms with E-state index >= 15 is 0 Å². The minimum Gasteiger partial charge on any atom is -0.486 e. The number of hydrogen-bond acceptors (Lipinski definition) is 5. The zero-order valence-corrected chi connectivity index (χ0v) is 10.7. The van der Waals surface area contributed by atoms with Gasteiger partial charge in [-0.25, -0.2) is 0 Å². The van der Waals surface area contributed by atoms with Crippen LogP contribution in [0.15, 0.2) is 24.3 Å². The molecular weight excluding hydrogens is 268 g/mol. The fraction of sp³-hybridized carbons (Fsp3) is 0.333. The molecule has 108 valence electrons. The van der Waals surface area contributed by atoms with Crippen LogP contribution in [0.25, 0.3) is 0 Å². The number of amides is 1. The van der Waals surface area contributed by atoms with Crippen LogP contribution in [0.4, 0.5) is 5.69 Å². The number of carboxylic acid groups (broad SMARTS) is 1. The topological polar surface area (TPSA) is 119 Å². The predicted octanol–water partition coefficient (Wildman–Crippen LogP) is 0.953. The van der Waals surface area contributed by atoms with Crippen LogP contribution in [0.1, 0.15) is 13.3 Å². The van der Waals surface area contributed by atoms with Crippen LogP contribution >= 0.6 is 0 Å². The van der Waals surface area contributed by atoms with Crippen LogP contribution in [-0.2, 0) is 9.59 Å². The number of nitrogens with one attached hydrogen (secondary N) is 1. The number of aliphatic carboxylic acids is 1. The van der Waals surface area contributed by atoms with Crippen molar-refractivity contribution in [3.63, 3.8) is 0 Å². The fourth-order valence-corrected chi connectivity index (χ4v) is 1.36. The lowest BCUT2D eigenvalue weighted by Gasteiger charge is -2.10. The van der Waals surface area contributed by atoms with E-state index in [0.717, 1.165) is 0 Å². The lowest BCUT2D eigenvalue weighted by atomic mass is 10.3. The van der Waals surface area contributed by atoms with E-state index in [1.165, 1.54) is 25.1 Å². The van der Waals surface area contributed by atoms with Crippen molar-refractivity contribution in [2.24, 2.45) is 0 Å². The minimum atomic E-state index is -1.14. The number of ether oxygens (including phenoxy) is 1. The predicted molar refractivity (Wildman–Crippen MR) is 68.4 cm³/mol. The summed E-state index contributed by atoms with van der Waals surface area (Å²) < 4.78 is 5.16. The molecule has 0 aliphatic carbocycles. The van der Waals surface area contributed by atoms with Gasteiger partial charge in [0.15, 0.2) is 5.75 Å². The number of nitro groups is 1. The van der Waals surface area contributed by atoms with E-state index in [9.17, 15) is 19.7 Å². The molecular formula is C12H14N2O6. The summed E-state index contributed by atoms with van der Waals surface area (Å²) >= 11 is 0. The SMILES string of the molecule is CC(NC(=O)CCOc1ccccc1[N+](=O)[O-])C(=O)O. The Morgan fingerprint density at radius 1 is 1.45 bits per heavy atom. The molecule has 0 radical (unpaired) electrons. The third-order valence-electron chi connectivity index (χ3n) is 2.40. The summed E-state index contributed by atoms with van der Waals surface area (Å²) in [5, 5.41) is 21.6. The number of carbonyl (C=O) groups is 2. The third-order valence-corrected chi connectivity index (χ3v) is 2.40. The first kappa shape index (κ1) is 15.4. The van der Waals surface area contributed by atoms with Gasteiger partial charge in [0.1, 0.15) is 6.04 Å². The number of nitrogens with zero attached hydrogens (tertiary/aromatic N) is 1. The van der Waals surface area contributed by atoms with Crippen LogP contribution in [0.5, 0.6) is 5.75 Å². The van der Waals surface area contributed by atoms with Gasteiger partial charge in [0.05, 0.1) is 18.0 Å². The maximum atomic E-state index is 11.4. The van der Waals surface area contributed by atoms with E-state index in [0.29, 0.717) is 0 Å². The van der Waals surface area contributed by atoms with Crippen molar-refractivity contribution in [2.45, 2.75) is 19.4 Å². The second-order valence-corrected chi connectivity index (χ2v) is 3.95. The molecule has 1 rings (SSSR count). The lowest BCUT2D eigenvalue weighted by molar-refractivity contribution is -0.385. The van der Waals surface area contributed by atoms with Crippen LogP contribution in [0.3, 0.4) is 0 Å². The Bertz CT molecular complexity index is 516. The number of carboxylic acids is 1. The molecule has 1 amide bonds. The molecule has 0 bridgehead atoms. The Kier molecular flexibility index (Phi) is 5.45. The van der Waals surface area contributed by atoms with Gasteiger partial charge in [-0.3, -0.25) is 19.7 Å². The maximum Gasteiger partial charge on any atom is 0.325 e. The van der Waals surface area contributed by atoms with E-state index in [1.807, 2.05) is 0 Å². The number of benzene rings is 1. The molecule has 1 atom stereocenters. The molecule has 0 heterocycles. The molecule has 20 heavy (non-hydrogen) atoms. The van der Waals surface area contributed by atoms with Crippen molar-refractivity contribution in [2.75, 3.05) is 6.61 Å². The van der Waals surface area contributed by atoms with Gasteiger partial charge >= 0.3 is 11.7 Å². The van der Waals surface area contributed by atoms with Gasteiger partial charge in [0.2, 0.25) is 5.91 Å². The highest BCUT2D eigenvalue weighted by Crippen LogP contribution is 2.25. The number of carbonyl (C=O) groups excluding carboxylic acids is 1. The van der Waals surface area contributed by atoms with Gasteiger partial charge in [-0.15, -0.1) is 0 Å². The first-order valence-electron chi connectivity index (χ1n) is 5.80. The summed E-state index contributed by atoms with van der Waals surface area (Å²) in [5.74, 6) is -1.58. The van der Waals surface area contributed by atoms with Crippen LogP contribution in [0.2, 0.25) is 0 Å². The average Bonchev–Trinajstić information content (AvgIpc) is 2.38. The van der Waals surface area contributed by atoms with Crippen molar-refractivity contribution in [3.8, 4) is 5.75 Å².